The summed E-state index contributed by atoms with van der Waals surface area (Å²) in [4.78, 5) is 27.7. The fraction of sp³-hybridized carbons (Fsp3) is 0.185. The number of rotatable bonds is 3. The molecule has 0 bridgehead atoms. The topological polar surface area (TPSA) is 48.9 Å². The van der Waals surface area contributed by atoms with Gasteiger partial charge in [0.1, 0.15) is 5.52 Å². The first kappa shape index (κ1) is 21.3. The Bertz CT molecular complexity index is 1690. The molecule has 2 heterocycles. The maximum Gasteiger partial charge on any atom is 0.336 e. The highest BCUT2D eigenvalue weighted by Crippen LogP contribution is 2.27. The van der Waals surface area contributed by atoms with Crippen molar-refractivity contribution in [3.63, 3.8) is 0 Å². The summed E-state index contributed by atoms with van der Waals surface area (Å²) in [6, 6.07) is 19.1. The van der Waals surface area contributed by atoms with E-state index in [1.165, 1.54) is 4.57 Å². The molecule has 0 fully saturated rings. The van der Waals surface area contributed by atoms with E-state index in [0.717, 1.165) is 33.2 Å². The number of fused-ring (bicyclic) bond motifs is 3. The Balaban J connectivity index is 1.96. The molecular formula is C27H24ClN3O2. The minimum atomic E-state index is -0.385. The SMILES string of the molecule is Cc1ccc(C)c(Cn2c(=O)n(-c3cccc(Cl)c3)c(=O)c3c2c2cc(C)ccc2n3C)c1. The van der Waals surface area contributed by atoms with Crippen molar-refractivity contribution in [3.05, 3.63) is 109 Å². The lowest BCUT2D eigenvalue weighted by atomic mass is 10.1. The van der Waals surface area contributed by atoms with Gasteiger partial charge in [0.05, 0.1) is 23.3 Å². The van der Waals surface area contributed by atoms with Gasteiger partial charge in [0.25, 0.3) is 5.56 Å². The average molecular weight is 458 g/mol. The van der Waals surface area contributed by atoms with Crippen molar-refractivity contribution in [3.8, 4) is 5.69 Å². The van der Waals surface area contributed by atoms with Gasteiger partial charge in [-0.25, -0.2) is 9.36 Å². The second-order valence-electron chi connectivity index (χ2n) is 8.70. The minimum absolute atomic E-state index is 0.356. The fourth-order valence-electron chi connectivity index (χ4n) is 4.60. The molecule has 0 radical (unpaired) electrons. The summed E-state index contributed by atoms with van der Waals surface area (Å²) in [6.07, 6.45) is 0. The van der Waals surface area contributed by atoms with E-state index in [4.69, 9.17) is 11.6 Å². The summed E-state index contributed by atoms with van der Waals surface area (Å²) in [5.41, 5.74) is 6.09. The zero-order valence-electron chi connectivity index (χ0n) is 19.0. The molecule has 166 valence electrons. The van der Waals surface area contributed by atoms with E-state index in [0.29, 0.717) is 28.3 Å². The zero-order chi connectivity index (χ0) is 23.4. The van der Waals surface area contributed by atoms with Crippen molar-refractivity contribution in [1.29, 1.82) is 0 Å². The van der Waals surface area contributed by atoms with Crippen molar-refractivity contribution in [2.24, 2.45) is 7.05 Å². The van der Waals surface area contributed by atoms with Crippen LogP contribution in [0.1, 0.15) is 22.3 Å². The third kappa shape index (κ3) is 3.40. The van der Waals surface area contributed by atoms with E-state index in [-0.39, 0.29) is 11.2 Å². The highest BCUT2D eigenvalue weighted by Gasteiger charge is 2.22. The predicted molar refractivity (Wildman–Crippen MR) is 135 cm³/mol. The van der Waals surface area contributed by atoms with E-state index in [2.05, 4.69) is 18.2 Å². The van der Waals surface area contributed by atoms with Gasteiger partial charge in [0, 0.05) is 17.5 Å². The normalized spacial score (nSPS) is 11.5. The van der Waals surface area contributed by atoms with Crippen LogP contribution in [-0.2, 0) is 13.6 Å². The molecule has 0 aliphatic rings. The summed E-state index contributed by atoms with van der Waals surface area (Å²) in [7, 11) is 1.87. The van der Waals surface area contributed by atoms with E-state index < -0.39 is 0 Å². The lowest BCUT2D eigenvalue weighted by molar-refractivity contribution is 0.710. The second kappa shape index (κ2) is 7.78. The first-order valence-corrected chi connectivity index (χ1v) is 11.2. The Kier molecular flexibility index (Phi) is 5.02. The molecular weight excluding hydrogens is 434 g/mol. The number of benzene rings is 3. The molecule has 5 rings (SSSR count). The van der Waals surface area contributed by atoms with Crippen LogP contribution in [0.15, 0.2) is 70.3 Å². The number of hydrogen-bond donors (Lipinski definition) is 0. The highest BCUT2D eigenvalue weighted by atomic mass is 35.5. The molecule has 0 spiro atoms. The first-order valence-electron chi connectivity index (χ1n) is 10.8. The third-order valence-electron chi connectivity index (χ3n) is 6.33. The monoisotopic (exact) mass is 457 g/mol. The van der Waals surface area contributed by atoms with E-state index in [9.17, 15) is 9.59 Å². The molecule has 5 nitrogen and oxygen atoms in total. The van der Waals surface area contributed by atoms with Crippen molar-refractivity contribution in [2.75, 3.05) is 0 Å². The van der Waals surface area contributed by atoms with Crippen LogP contribution in [0, 0.1) is 20.8 Å². The Morgan fingerprint density at radius 3 is 2.33 bits per heavy atom. The Morgan fingerprint density at radius 2 is 1.58 bits per heavy atom. The molecule has 0 N–H and O–H groups in total. The standard InChI is InChI=1S/C27H24ClN3O2/c1-16-8-10-18(3)19(12-16)15-30-24-22-13-17(2)9-11-23(22)29(4)25(24)26(32)31(27(30)33)21-7-5-6-20(28)14-21/h5-14H,15H2,1-4H3. The molecule has 5 aromatic rings. The Labute approximate surface area is 196 Å². The largest absolute Gasteiger partial charge is 0.338 e. The summed E-state index contributed by atoms with van der Waals surface area (Å²) in [5.74, 6) is 0. The number of aryl methyl sites for hydroxylation is 4. The second-order valence-corrected chi connectivity index (χ2v) is 9.13. The number of hydrogen-bond acceptors (Lipinski definition) is 2. The molecule has 33 heavy (non-hydrogen) atoms. The van der Waals surface area contributed by atoms with E-state index >= 15 is 0 Å². The highest BCUT2D eigenvalue weighted by molar-refractivity contribution is 6.30. The first-order chi connectivity index (χ1) is 15.8. The van der Waals surface area contributed by atoms with E-state index in [1.54, 1.807) is 28.8 Å². The van der Waals surface area contributed by atoms with Crippen LogP contribution in [0.5, 0.6) is 0 Å². The number of halogens is 1. The van der Waals surface area contributed by atoms with Gasteiger partial charge in [-0.05, 0) is 62.2 Å². The molecule has 6 heteroatoms. The van der Waals surface area contributed by atoms with Crippen molar-refractivity contribution < 1.29 is 0 Å². The van der Waals surface area contributed by atoms with Gasteiger partial charge in [-0.15, -0.1) is 0 Å². The van der Waals surface area contributed by atoms with Crippen LogP contribution in [0.2, 0.25) is 5.02 Å². The van der Waals surface area contributed by atoms with Gasteiger partial charge >= 0.3 is 5.69 Å². The van der Waals surface area contributed by atoms with Gasteiger partial charge < -0.3 is 4.57 Å². The molecule has 0 aliphatic heterocycles. The van der Waals surface area contributed by atoms with Gasteiger partial charge in [0.15, 0.2) is 0 Å². The molecule has 2 aromatic heterocycles. The minimum Gasteiger partial charge on any atom is -0.338 e. The average Bonchev–Trinajstić information content (AvgIpc) is 3.05. The van der Waals surface area contributed by atoms with Crippen molar-refractivity contribution in [1.82, 2.24) is 13.7 Å². The summed E-state index contributed by atoms with van der Waals surface area (Å²) in [5, 5.41) is 1.36. The van der Waals surface area contributed by atoms with Crippen LogP contribution >= 0.6 is 11.6 Å². The van der Waals surface area contributed by atoms with Crippen LogP contribution in [0.3, 0.4) is 0 Å². The number of nitrogens with zero attached hydrogens (tertiary/aromatic N) is 3. The molecule has 0 amide bonds. The maximum atomic E-state index is 13.9. The number of aromatic nitrogens is 3. The maximum absolute atomic E-state index is 13.9. The molecule has 3 aromatic carbocycles. The van der Waals surface area contributed by atoms with Crippen molar-refractivity contribution >= 4 is 33.5 Å². The van der Waals surface area contributed by atoms with Gasteiger partial charge in [0.2, 0.25) is 0 Å². The van der Waals surface area contributed by atoms with Gasteiger partial charge in [-0.2, -0.15) is 0 Å². The van der Waals surface area contributed by atoms with Crippen LogP contribution in [0.4, 0.5) is 0 Å². The van der Waals surface area contributed by atoms with Gasteiger partial charge in [-0.1, -0.05) is 53.1 Å². The Morgan fingerprint density at radius 1 is 0.848 bits per heavy atom. The molecule has 0 aliphatic carbocycles. The third-order valence-corrected chi connectivity index (χ3v) is 6.56. The fourth-order valence-corrected chi connectivity index (χ4v) is 4.78. The van der Waals surface area contributed by atoms with Crippen LogP contribution in [0.25, 0.3) is 27.6 Å². The summed E-state index contributed by atoms with van der Waals surface area (Å²) in [6.45, 7) is 6.45. The van der Waals surface area contributed by atoms with Gasteiger partial charge in [-0.3, -0.25) is 9.36 Å². The zero-order valence-corrected chi connectivity index (χ0v) is 19.8. The lowest BCUT2D eigenvalue weighted by Gasteiger charge is -2.15. The van der Waals surface area contributed by atoms with Crippen LogP contribution < -0.4 is 11.2 Å². The molecule has 0 saturated carbocycles. The van der Waals surface area contributed by atoms with E-state index in [1.807, 2.05) is 50.6 Å². The Hall–Kier alpha value is -3.57. The molecule has 0 atom stereocenters. The quantitative estimate of drug-likeness (QED) is 0.370. The van der Waals surface area contributed by atoms with Crippen LogP contribution in [-0.4, -0.2) is 13.7 Å². The summed E-state index contributed by atoms with van der Waals surface area (Å²) < 4.78 is 4.83. The van der Waals surface area contributed by atoms with Crippen molar-refractivity contribution in [2.45, 2.75) is 27.3 Å². The smallest absolute Gasteiger partial charge is 0.336 e. The summed E-state index contributed by atoms with van der Waals surface area (Å²) >= 11 is 6.21. The predicted octanol–water partition coefficient (Wildman–Crippen LogP) is 5.27. The molecule has 0 unspecified atom stereocenters. The lowest BCUT2D eigenvalue weighted by Crippen LogP contribution is -2.39. The molecule has 0 saturated heterocycles.